The Kier molecular flexibility index (Phi) is 2.88. The standard InChI is InChI=1S/C5H10O3/c1-2-4-6-8-7-5-3-1/h1-5H2. The Labute approximate surface area is 48.4 Å². The molecule has 8 heavy (non-hydrogen) atoms. The lowest BCUT2D eigenvalue weighted by Crippen LogP contribution is -2.04. The first-order valence-electron chi connectivity index (χ1n) is 2.91. The Bertz CT molecular complexity index is 31.6. The highest BCUT2D eigenvalue weighted by atomic mass is 17.5. The zero-order valence-corrected chi connectivity index (χ0v) is 4.76. The Morgan fingerprint density at radius 2 is 1.38 bits per heavy atom. The fraction of sp³-hybridized carbons (Fsp3) is 1.00. The molecule has 48 valence electrons. The third-order valence-corrected chi connectivity index (χ3v) is 1.05. The molecule has 3 heteroatoms. The minimum absolute atomic E-state index is 0.653. The summed E-state index contributed by atoms with van der Waals surface area (Å²) < 4.78 is 0. The van der Waals surface area contributed by atoms with E-state index in [1.165, 1.54) is 6.42 Å². The molecule has 1 heterocycles. The molecule has 0 unspecified atom stereocenters. The topological polar surface area (TPSA) is 27.7 Å². The SMILES string of the molecule is C1CCOOOCC1. The average molecular weight is 118 g/mol. The van der Waals surface area contributed by atoms with Gasteiger partial charge >= 0.3 is 0 Å². The third kappa shape index (κ3) is 2.26. The molecule has 0 atom stereocenters. The maximum absolute atomic E-state index is 4.55. The molecule has 0 spiro atoms. The molecule has 1 rings (SSSR count). The van der Waals surface area contributed by atoms with Gasteiger partial charge in [-0.2, -0.15) is 0 Å². The fourth-order valence-corrected chi connectivity index (χ4v) is 0.601. The smallest absolute Gasteiger partial charge is 0.0853 e. The van der Waals surface area contributed by atoms with E-state index < -0.39 is 0 Å². The van der Waals surface area contributed by atoms with E-state index in [0.29, 0.717) is 13.2 Å². The first-order valence-corrected chi connectivity index (χ1v) is 2.91. The van der Waals surface area contributed by atoms with Gasteiger partial charge in [-0.15, -0.1) is 0 Å². The molecule has 0 aromatic rings. The predicted octanol–water partition coefficient (Wildman–Crippen LogP) is 1.05. The highest BCUT2D eigenvalue weighted by Gasteiger charge is 1.96. The van der Waals surface area contributed by atoms with Crippen molar-refractivity contribution in [1.29, 1.82) is 0 Å². The average Bonchev–Trinajstić information content (AvgIpc) is 1.62. The molecular formula is C5H10O3. The molecule has 0 aliphatic carbocycles. The van der Waals surface area contributed by atoms with Crippen LogP contribution in [0.15, 0.2) is 0 Å². The molecule has 0 saturated carbocycles. The summed E-state index contributed by atoms with van der Waals surface area (Å²) in [5, 5.41) is 4.27. The Balaban J connectivity index is 2.00. The van der Waals surface area contributed by atoms with Crippen LogP contribution in [0.2, 0.25) is 0 Å². The molecule has 0 bridgehead atoms. The second-order valence-corrected chi connectivity index (χ2v) is 1.77. The maximum Gasteiger partial charge on any atom is 0.0853 e. The van der Waals surface area contributed by atoms with Gasteiger partial charge in [0.25, 0.3) is 0 Å². The summed E-state index contributed by atoms with van der Waals surface area (Å²) in [6.45, 7) is 1.31. The van der Waals surface area contributed by atoms with Gasteiger partial charge < -0.3 is 0 Å². The predicted molar refractivity (Wildman–Crippen MR) is 26.8 cm³/mol. The van der Waals surface area contributed by atoms with E-state index in [4.69, 9.17) is 0 Å². The molecule has 1 aliphatic heterocycles. The lowest BCUT2D eigenvalue weighted by atomic mass is 10.2. The normalized spacial score (nSPS) is 24.0. The zero-order chi connectivity index (χ0) is 5.66. The quantitative estimate of drug-likeness (QED) is 0.445. The summed E-state index contributed by atoms with van der Waals surface area (Å²) in [6, 6.07) is 0. The van der Waals surface area contributed by atoms with Crippen molar-refractivity contribution < 1.29 is 14.8 Å². The van der Waals surface area contributed by atoms with Crippen molar-refractivity contribution in [3.63, 3.8) is 0 Å². The van der Waals surface area contributed by atoms with E-state index in [1.54, 1.807) is 0 Å². The molecule has 0 radical (unpaired) electrons. The Morgan fingerprint density at radius 3 is 2.00 bits per heavy atom. The fourth-order valence-electron chi connectivity index (χ4n) is 0.601. The Morgan fingerprint density at radius 1 is 0.750 bits per heavy atom. The van der Waals surface area contributed by atoms with Crippen molar-refractivity contribution in [2.24, 2.45) is 0 Å². The van der Waals surface area contributed by atoms with Crippen molar-refractivity contribution >= 4 is 0 Å². The van der Waals surface area contributed by atoms with Crippen LogP contribution < -0.4 is 0 Å². The molecule has 1 saturated heterocycles. The van der Waals surface area contributed by atoms with Crippen molar-refractivity contribution in [1.82, 2.24) is 0 Å². The molecule has 1 aliphatic rings. The zero-order valence-electron chi connectivity index (χ0n) is 4.76. The van der Waals surface area contributed by atoms with Crippen LogP contribution in [0.4, 0.5) is 0 Å². The number of rotatable bonds is 0. The van der Waals surface area contributed by atoms with Crippen molar-refractivity contribution in [2.45, 2.75) is 19.3 Å². The van der Waals surface area contributed by atoms with Crippen LogP contribution in [0.5, 0.6) is 0 Å². The van der Waals surface area contributed by atoms with Gasteiger partial charge in [0.15, 0.2) is 0 Å². The van der Waals surface area contributed by atoms with Gasteiger partial charge in [0.05, 0.1) is 13.2 Å². The van der Waals surface area contributed by atoms with Crippen LogP contribution in [0.3, 0.4) is 0 Å². The third-order valence-electron chi connectivity index (χ3n) is 1.05. The van der Waals surface area contributed by atoms with Crippen molar-refractivity contribution in [3.05, 3.63) is 0 Å². The summed E-state index contributed by atoms with van der Waals surface area (Å²) in [4.78, 5) is 9.10. The monoisotopic (exact) mass is 118 g/mol. The molecule has 1 fully saturated rings. The maximum atomic E-state index is 4.55. The van der Waals surface area contributed by atoms with Crippen molar-refractivity contribution in [3.8, 4) is 0 Å². The van der Waals surface area contributed by atoms with Crippen LogP contribution in [0, 0.1) is 0 Å². The van der Waals surface area contributed by atoms with E-state index in [0.717, 1.165) is 12.8 Å². The van der Waals surface area contributed by atoms with E-state index in [1.807, 2.05) is 0 Å². The van der Waals surface area contributed by atoms with Gasteiger partial charge in [0.1, 0.15) is 0 Å². The van der Waals surface area contributed by atoms with Gasteiger partial charge in [-0.1, -0.05) is 5.04 Å². The van der Waals surface area contributed by atoms with Crippen LogP contribution in [0.25, 0.3) is 0 Å². The van der Waals surface area contributed by atoms with Crippen LogP contribution >= 0.6 is 0 Å². The number of hydrogen-bond donors (Lipinski definition) is 0. The molecule has 0 amide bonds. The molecule has 3 nitrogen and oxygen atoms in total. The Hall–Kier alpha value is -0.120. The van der Waals surface area contributed by atoms with Gasteiger partial charge in [0.2, 0.25) is 0 Å². The minimum Gasteiger partial charge on any atom is -0.206 e. The van der Waals surface area contributed by atoms with Gasteiger partial charge in [-0.05, 0) is 19.3 Å². The molecule has 0 aromatic heterocycles. The van der Waals surface area contributed by atoms with E-state index in [9.17, 15) is 0 Å². The minimum atomic E-state index is 0.653. The van der Waals surface area contributed by atoms with E-state index in [2.05, 4.69) is 14.8 Å². The molecule has 0 N–H and O–H groups in total. The summed E-state index contributed by atoms with van der Waals surface area (Å²) in [6.07, 6.45) is 3.32. The van der Waals surface area contributed by atoms with Gasteiger partial charge in [0, 0.05) is 0 Å². The first kappa shape index (κ1) is 6.01. The van der Waals surface area contributed by atoms with E-state index in [-0.39, 0.29) is 0 Å². The summed E-state index contributed by atoms with van der Waals surface area (Å²) in [5.41, 5.74) is 0. The molecule has 0 aromatic carbocycles. The van der Waals surface area contributed by atoms with Crippen molar-refractivity contribution in [2.75, 3.05) is 13.2 Å². The van der Waals surface area contributed by atoms with Crippen LogP contribution in [-0.4, -0.2) is 13.2 Å². The summed E-state index contributed by atoms with van der Waals surface area (Å²) in [5.74, 6) is 0. The second kappa shape index (κ2) is 3.83. The second-order valence-electron chi connectivity index (χ2n) is 1.77. The first-order chi connectivity index (χ1) is 4.00. The lowest BCUT2D eigenvalue weighted by molar-refractivity contribution is -0.515. The molecular weight excluding hydrogens is 108 g/mol. The van der Waals surface area contributed by atoms with Crippen LogP contribution in [0.1, 0.15) is 19.3 Å². The summed E-state index contributed by atoms with van der Waals surface area (Å²) >= 11 is 0. The van der Waals surface area contributed by atoms with Crippen LogP contribution in [-0.2, 0) is 14.8 Å². The van der Waals surface area contributed by atoms with E-state index >= 15 is 0 Å². The highest BCUT2D eigenvalue weighted by molar-refractivity contribution is 4.38. The van der Waals surface area contributed by atoms with Gasteiger partial charge in [-0.3, -0.25) is 0 Å². The largest absolute Gasteiger partial charge is 0.206 e. The van der Waals surface area contributed by atoms with Gasteiger partial charge in [-0.25, -0.2) is 9.78 Å². The number of hydrogen-bond acceptors (Lipinski definition) is 3. The lowest BCUT2D eigenvalue weighted by Gasteiger charge is -2.06. The highest BCUT2D eigenvalue weighted by Crippen LogP contribution is 2.00. The summed E-state index contributed by atoms with van der Waals surface area (Å²) in [7, 11) is 0.